The minimum atomic E-state index is -0.877. The van der Waals surface area contributed by atoms with Gasteiger partial charge in [0.1, 0.15) is 5.75 Å². The van der Waals surface area contributed by atoms with E-state index in [2.05, 4.69) is 10.6 Å². The molecule has 0 spiro atoms. The van der Waals surface area contributed by atoms with Gasteiger partial charge in [-0.1, -0.05) is 60.7 Å². The normalized spacial score (nSPS) is 15.8. The molecule has 1 heterocycles. The Morgan fingerprint density at radius 2 is 1.70 bits per heavy atom. The molecule has 1 aliphatic rings. The predicted molar refractivity (Wildman–Crippen MR) is 124 cm³/mol. The van der Waals surface area contributed by atoms with Gasteiger partial charge in [0.15, 0.2) is 0 Å². The first-order chi connectivity index (χ1) is 16.0. The van der Waals surface area contributed by atoms with E-state index in [1.54, 1.807) is 19.1 Å². The molecule has 1 atom stereocenters. The smallest absolute Gasteiger partial charge is 0.337 e. The van der Waals surface area contributed by atoms with E-state index < -0.39 is 24.0 Å². The second-order valence-corrected chi connectivity index (χ2v) is 7.43. The van der Waals surface area contributed by atoms with Crippen LogP contribution in [-0.4, -0.2) is 25.1 Å². The number of rotatable bonds is 5. The largest absolute Gasteiger partial charge is 0.466 e. The fourth-order valence-corrected chi connectivity index (χ4v) is 3.82. The number of benzene rings is 3. The summed E-state index contributed by atoms with van der Waals surface area (Å²) < 4.78 is 10.6. The molecule has 7 heteroatoms. The molecule has 2 amide bonds. The van der Waals surface area contributed by atoms with Gasteiger partial charge in [0.2, 0.25) is 0 Å². The number of nitrogens with one attached hydrogen (secondary N) is 2. The van der Waals surface area contributed by atoms with Crippen LogP contribution in [0, 0.1) is 0 Å². The Labute approximate surface area is 190 Å². The Hall–Kier alpha value is -4.39. The van der Waals surface area contributed by atoms with Crippen LogP contribution in [0.2, 0.25) is 0 Å². The fraction of sp³-hybridized carbons (Fsp3) is 0.115. The highest BCUT2D eigenvalue weighted by Crippen LogP contribution is 2.38. The average molecular weight is 442 g/mol. The van der Waals surface area contributed by atoms with Crippen LogP contribution in [0.3, 0.4) is 0 Å². The Bertz CT molecular complexity index is 1290. The van der Waals surface area contributed by atoms with Crippen molar-refractivity contribution in [1.82, 2.24) is 10.6 Å². The molecule has 0 saturated heterocycles. The van der Waals surface area contributed by atoms with E-state index in [4.69, 9.17) is 9.47 Å². The zero-order chi connectivity index (χ0) is 23.4. The Balaban J connectivity index is 1.80. The van der Waals surface area contributed by atoms with Crippen LogP contribution in [0.5, 0.6) is 5.75 Å². The van der Waals surface area contributed by atoms with E-state index in [9.17, 15) is 14.4 Å². The van der Waals surface area contributed by atoms with E-state index in [1.165, 1.54) is 13.2 Å². The maximum Gasteiger partial charge on any atom is 0.337 e. The average Bonchev–Trinajstić information content (AvgIpc) is 2.82. The van der Waals surface area contributed by atoms with Crippen LogP contribution < -0.4 is 15.4 Å². The lowest BCUT2D eigenvalue weighted by Gasteiger charge is -2.29. The molecule has 7 nitrogen and oxygen atoms in total. The first-order valence-electron chi connectivity index (χ1n) is 10.3. The van der Waals surface area contributed by atoms with Gasteiger partial charge < -0.3 is 20.1 Å². The molecule has 0 aliphatic carbocycles. The van der Waals surface area contributed by atoms with Crippen molar-refractivity contribution < 1.29 is 23.9 Å². The van der Waals surface area contributed by atoms with E-state index >= 15 is 0 Å². The summed E-state index contributed by atoms with van der Waals surface area (Å²) >= 11 is 0. The molecule has 1 aliphatic heterocycles. The minimum Gasteiger partial charge on any atom is -0.466 e. The lowest BCUT2D eigenvalue weighted by molar-refractivity contribution is -0.136. The molecular formula is C26H22N2O5. The number of methoxy groups -OCH3 is 1. The van der Waals surface area contributed by atoms with Crippen molar-refractivity contribution in [3.05, 3.63) is 95.2 Å². The van der Waals surface area contributed by atoms with Gasteiger partial charge >= 0.3 is 18.0 Å². The molecule has 0 fully saturated rings. The van der Waals surface area contributed by atoms with Crippen LogP contribution in [0.1, 0.15) is 24.1 Å². The van der Waals surface area contributed by atoms with Gasteiger partial charge in [0, 0.05) is 17.3 Å². The predicted octanol–water partition coefficient (Wildman–Crippen LogP) is 4.26. The van der Waals surface area contributed by atoms with Crippen molar-refractivity contribution in [3.63, 3.8) is 0 Å². The number of carbonyl (C=O) groups excluding carboxylic acids is 3. The zero-order valence-electron chi connectivity index (χ0n) is 18.1. The molecule has 3 aromatic rings. The topological polar surface area (TPSA) is 93.7 Å². The third kappa shape index (κ3) is 4.62. The van der Waals surface area contributed by atoms with Gasteiger partial charge in [-0.2, -0.15) is 0 Å². The van der Waals surface area contributed by atoms with Gasteiger partial charge in [-0.3, -0.25) is 0 Å². The summed E-state index contributed by atoms with van der Waals surface area (Å²) in [6.45, 7) is 1.62. The summed E-state index contributed by atoms with van der Waals surface area (Å²) in [5, 5.41) is 6.97. The Kier molecular flexibility index (Phi) is 6.22. The molecule has 2 N–H and O–H groups in total. The number of ether oxygens (including phenoxy) is 2. The van der Waals surface area contributed by atoms with Crippen molar-refractivity contribution in [3.8, 4) is 5.75 Å². The molecule has 0 radical (unpaired) electrons. The third-order valence-corrected chi connectivity index (χ3v) is 5.32. The number of hydrogen-bond acceptors (Lipinski definition) is 5. The van der Waals surface area contributed by atoms with Crippen molar-refractivity contribution >= 4 is 34.8 Å². The van der Waals surface area contributed by atoms with E-state index in [0.717, 1.165) is 16.3 Å². The van der Waals surface area contributed by atoms with Crippen LogP contribution in [-0.2, 0) is 14.3 Å². The maximum atomic E-state index is 12.6. The standard InChI is InChI=1S/C26H22N2O5/c1-16-22(25(30)32-2)24(28-26(31)27-16)23-19-11-7-6-10-18(19)13-14-20(23)33-21(29)15-12-17-8-4-3-5-9-17/h3-15,24H,1-2H3,(H2,27,28,31)/b15-12-/t24-/m1/s1. The number of allylic oxidation sites excluding steroid dienone is 1. The van der Waals surface area contributed by atoms with Crippen molar-refractivity contribution in [1.29, 1.82) is 0 Å². The molecule has 4 rings (SSSR count). The summed E-state index contributed by atoms with van der Waals surface area (Å²) in [5.41, 5.74) is 1.94. The number of hydrogen-bond donors (Lipinski definition) is 2. The van der Waals surface area contributed by atoms with E-state index in [0.29, 0.717) is 11.3 Å². The molecule has 3 aromatic carbocycles. The lowest BCUT2D eigenvalue weighted by atomic mass is 9.90. The quantitative estimate of drug-likeness (QED) is 0.350. The second-order valence-electron chi connectivity index (χ2n) is 7.43. The zero-order valence-corrected chi connectivity index (χ0v) is 18.1. The third-order valence-electron chi connectivity index (χ3n) is 5.32. The van der Waals surface area contributed by atoms with E-state index in [1.807, 2.05) is 60.7 Å². The Morgan fingerprint density at radius 3 is 2.45 bits per heavy atom. The number of amides is 2. The summed E-state index contributed by atoms with van der Waals surface area (Å²) in [5.74, 6) is -0.951. The molecule has 0 saturated carbocycles. The second kappa shape index (κ2) is 9.40. The fourth-order valence-electron chi connectivity index (χ4n) is 3.82. The number of esters is 2. The van der Waals surface area contributed by atoms with Crippen molar-refractivity contribution in [2.24, 2.45) is 0 Å². The first kappa shape index (κ1) is 21.8. The summed E-state index contributed by atoms with van der Waals surface area (Å²) in [6, 6.07) is 19.0. The van der Waals surface area contributed by atoms with Crippen LogP contribution in [0.4, 0.5) is 4.79 Å². The van der Waals surface area contributed by atoms with Gasteiger partial charge in [-0.25, -0.2) is 14.4 Å². The van der Waals surface area contributed by atoms with Gasteiger partial charge in [0.25, 0.3) is 0 Å². The number of carbonyl (C=O) groups is 3. The Morgan fingerprint density at radius 1 is 0.970 bits per heavy atom. The van der Waals surface area contributed by atoms with Crippen molar-refractivity contribution in [2.45, 2.75) is 13.0 Å². The van der Waals surface area contributed by atoms with Crippen LogP contribution >= 0.6 is 0 Å². The van der Waals surface area contributed by atoms with Gasteiger partial charge in [-0.05, 0) is 35.4 Å². The minimum absolute atomic E-state index is 0.227. The molecule has 0 bridgehead atoms. The van der Waals surface area contributed by atoms with Gasteiger partial charge in [-0.15, -0.1) is 0 Å². The highest BCUT2D eigenvalue weighted by Gasteiger charge is 2.35. The molecule has 166 valence electrons. The summed E-state index contributed by atoms with van der Waals surface area (Å²) in [7, 11) is 1.27. The van der Waals surface area contributed by atoms with E-state index in [-0.39, 0.29) is 11.3 Å². The summed E-state index contributed by atoms with van der Waals surface area (Å²) in [4.78, 5) is 37.6. The SMILES string of the molecule is COC(=O)C1=C(C)NC(=O)N[C@H]1c1c(OC(=O)/C=C\c2ccccc2)ccc2ccccc12. The van der Waals surface area contributed by atoms with Crippen LogP contribution in [0.25, 0.3) is 16.8 Å². The summed E-state index contributed by atoms with van der Waals surface area (Å²) in [6.07, 6.45) is 2.98. The monoisotopic (exact) mass is 442 g/mol. The number of fused-ring (bicyclic) bond motifs is 1. The van der Waals surface area contributed by atoms with Crippen molar-refractivity contribution in [2.75, 3.05) is 7.11 Å². The first-order valence-corrected chi connectivity index (χ1v) is 10.3. The molecular weight excluding hydrogens is 420 g/mol. The molecule has 33 heavy (non-hydrogen) atoms. The number of urea groups is 1. The highest BCUT2D eigenvalue weighted by atomic mass is 16.5. The lowest BCUT2D eigenvalue weighted by Crippen LogP contribution is -2.45. The van der Waals surface area contributed by atoms with Crippen LogP contribution in [0.15, 0.2) is 84.1 Å². The molecule has 0 aromatic heterocycles. The highest BCUT2D eigenvalue weighted by molar-refractivity contribution is 5.98. The van der Waals surface area contributed by atoms with Gasteiger partial charge in [0.05, 0.1) is 18.7 Å². The molecule has 0 unspecified atom stereocenters. The maximum absolute atomic E-state index is 12.6.